The fourth-order valence-electron chi connectivity index (χ4n) is 3.46. The van der Waals surface area contributed by atoms with Crippen LogP contribution < -0.4 is 4.74 Å². The minimum atomic E-state index is -0.472. The average molecular weight is 610 g/mol. The molecule has 32 heavy (non-hydrogen) atoms. The van der Waals surface area contributed by atoms with Gasteiger partial charge >= 0.3 is 21.1 Å². The fourth-order valence-corrected chi connectivity index (χ4v) is 3.46. The monoisotopic (exact) mass is 609 g/mol. The molecule has 0 atom stereocenters. The molecule has 0 radical (unpaired) electrons. The zero-order valence-corrected chi connectivity index (χ0v) is 21.6. The first-order valence-corrected chi connectivity index (χ1v) is 10.1. The van der Waals surface area contributed by atoms with Crippen molar-refractivity contribution in [2.75, 3.05) is 7.11 Å². The number of pyridine rings is 2. The van der Waals surface area contributed by atoms with E-state index in [1.807, 2.05) is 67.4 Å². The summed E-state index contributed by atoms with van der Waals surface area (Å²) in [7, 11) is 5.58. The Hall–Kier alpha value is -2.79. The summed E-state index contributed by atoms with van der Waals surface area (Å²) in [5, 5.41) is 0. The molecule has 0 aromatic carbocycles. The first kappa shape index (κ1) is 23.9. The molecule has 8 heteroatoms. The van der Waals surface area contributed by atoms with Crippen molar-refractivity contribution < 1.29 is 25.8 Å². The minimum Gasteiger partial charge on any atom is -0.498 e. The Balaban J connectivity index is 0.00000289. The molecule has 0 aliphatic heterocycles. The molecule has 4 aromatic rings. The first-order chi connectivity index (χ1) is 14.7. The van der Waals surface area contributed by atoms with E-state index < -0.39 is 5.41 Å². The maximum Gasteiger partial charge on any atom is 2.00 e. The maximum absolute atomic E-state index is 5.59. The van der Waals surface area contributed by atoms with E-state index in [1.165, 1.54) is 0 Å². The van der Waals surface area contributed by atoms with Crippen LogP contribution in [0.5, 0.6) is 5.75 Å². The predicted molar refractivity (Wildman–Crippen MR) is 119 cm³/mol. The van der Waals surface area contributed by atoms with Crippen molar-refractivity contribution >= 4 is 0 Å². The number of hydrogen-bond acceptors (Lipinski definition) is 5. The third-order valence-corrected chi connectivity index (χ3v) is 5.84. The predicted octanol–water partition coefficient (Wildman–Crippen LogP) is 3.83. The number of aromatic nitrogens is 6. The van der Waals surface area contributed by atoms with Gasteiger partial charge in [0.05, 0.1) is 7.11 Å². The standard InChI is InChI=1S/C24H26N6O.Pt/c1-15-25-13-20(29(15)5)18-9-8-10-22(27-18)24(3,4)23-12-17(31-7)11-19(28-23)21-14-26-16(2)30(21)6;/h8-12H,1-7H3;/q-2;+2. The second kappa shape index (κ2) is 8.99. The molecule has 0 saturated heterocycles. The quantitative estimate of drug-likeness (QED) is 0.322. The Labute approximate surface area is 203 Å². The van der Waals surface area contributed by atoms with Crippen LogP contribution in [0.4, 0.5) is 0 Å². The van der Waals surface area contributed by atoms with Gasteiger partial charge in [-0.1, -0.05) is 38.4 Å². The molecule has 168 valence electrons. The third-order valence-electron chi connectivity index (χ3n) is 5.84. The number of methoxy groups -OCH3 is 1. The molecule has 0 unspecified atom stereocenters. The van der Waals surface area contributed by atoms with Crippen LogP contribution >= 0.6 is 0 Å². The van der Waals surface area contributed by atoms with E-state index in [2.05, 4.69) is 36.2 Å². The molecule has 4 aromatic heterocycles. The summed E-state index contributed by atoms with van der Waals surface area (Å²) < 4.78 is 9.54. The minimum absolute atomic E-state index is 0. The normalized spacial score (nSPS) is 11.3. The van der Waals surface area contributed by atoms with Crippen LogP contribution in [-0.4, -0.2) is 36.2 Å². The van der Waals surface area contributed by atoms with Crippen molar-refractivity contribution in [1.82, 2.24) is 29.1 Å². The van der Waals surface area contributed by atoms with Crippen LogP contribution in [0, 0.1) is 26.2 Å². The Bertz CT molecular complexity index is 1260. The van der Waals surface area contributed by atoms with Gasteiger partial charge in [0.15, 0.2) is 0 Å². The molecule has 0 aliphatic carbocycles. The van der Waals surface area contributed by atoms with E-state index in [-0.39, 0.29) is 21.1 Å². The van der Waals surface area contributed by atoms with Gasteiger partial charge in [0, 0.05) is 34.5 Å². The van der Waals surface area contributed by atoms with Crippen LogP contribution in [0.1, 0.15) is 36.9 Å². The number of aryl methyl sites for hydroxylation is 2. The van der Waals surface area contributed by atoms with Gasteiger partial charge in [0.1, 0.15) is 5.75 Å². The summed E-state index contributed by atoms with van der Waals surface area (Å²) in [5.41, 5.74) is 4.54. The number of ether oxygens (including phenoxy) is 1. The van der Waals surface area contributed by atoms with Gasteiger partial charge in [-0.15, -0.1) is 0 Å². The van der Waals surface area contributed by atoms with Crippen LogP contribution in [0.25, 0.3) is 22.8 Å². The van der Waals surface area contributed by atoms with Crippen LogP contribution in [-0.2, 0) is 40.6 Å². The van der Waals surface area contributed by atoms with E-state index in [1.54, 1.807) is 7.11 Å². The van der Waals surface area contributed by atoms with Crippen molar-refractivity contribution in [2.45, 2.75) is 33.1 Å². The van der Waals surface area contributed by atoms with Gasteiger partial charge < -0.3 is 33.8 Å². The molecule has 4 heterocycles. The summed E-state index contributed by atoms with van der Waals surface area (Å²) in [5.74, 6) is 2.49. The summed E-state index contributed by atoms with van der Waals surface area (Å²) in [6, 6.07) is 9.87. The Morgan fingerprint density at radius 2 is 1.41 bits per heavy atom. The van der Waals surface area contributed by atoms with E-state index in [9.17, 15) is 0 Å². The van der Waals surface area contributed by atoms with E-state index in [4.69, 9.17) is 14.7 Å². The van der Waals surface area contributed by atoms with Crippen LogP contribution in [0.15, 0.2) is 30.3 Å². The van der Waals surface area contributed by atoms with Crippen molar-refractivity contribution in [1.29, 1.82) is 0 Å². The second-order valence-corrected chi connectivity index (χ2v) is 8.17. The number of nitrogens with zero attached hydrogens (tertiary/aromatic N) is 6. The molecule has 0 bridgehead atoms. The molecule has 7 nitrogen and oxygen atoms in total. The smallest absolute Gasteiger partial charge is 0.498 e. The van der Waals surface area contributed by atoms with Gasteiger partial charge in [-0.05, 0) is 62.9 Å². The van der Waals surface area contributed by atoms with Crippen molar-refractivity contribution in [3.05, 3.63) is 65.8 Å². The van der Waals surface area contributed by atoms with Gasteiger partial charge in [-0.2, -0.15) is 0 Å². The molecular weight excluding hydrogens is 583 g/mol. The average Bonchev–Trinajstić information content (AvgIpc) is 3.29. The van der Waals surface area contributed by atoms with Gasteiger partial charge in [0.2, 0.25) is 0 Å². The topological polar surface area (TPSA) is 70.7 Å². The molecule has 0 saturated carbocycles. The zero-order valence-electron chi connectivity index (χ0n) is 19.3. The maximum atomic E-state index is 5.59. The SMILES string of the molecule is COc1cc(-c2[c-]nc(C)n2C)nc(C(C)(C)c2cccc(-c3[c-]nc(C)n3C)n2)c1.[Pt+2]. The summed E-state index contributed by atoms with van der Waals surface area (Å²) in [6.07, 6.45) is 6.13. The Morgan fingerprint density at radius 3 is 1.94 bits per heavy atom. The molecule has 0 N–H and O–H groups in total. The molecule has 0 amide bonds. The molecule has 4 rings (SSSR count). The van der Waals surface area contributed by atoms with Crippen LogP contribution in [0.2, 0.25) is 0 Å². The molecule has 0 spiro atoms. The van der Waals surface area contributed by atoms with Gasteiger partial charge in [0.25, 0.3) is 0 Å². The Morgan fingerprint density at radius 1 is 0.844 bits per heavy atom. The van der Waals surface area contributed by atoms with Gasteiger partial charge in [-0.25, -0.2) is 0 Å². The number of hydrogen-bond donors (Lipinski definition) is 0. The largest absolute Gasteiger partial charge is 2.00 e. The molecule has 0 fully saturated rings. The van der Waals surface area contributed by atoms with E-state index in [0.29, 0.717) is 0 Å². The third kappa shape index (κ3) is 4.14. The molecular formula is C24H26N6OPt. The van der Waals surface area contributed by atoms with E-state index >= 15 is 0 Å². The fraction of sp³-hybridized carbons (Fsp3) is 0.333. The Kier molecular flexibility index (Phi) is 6.70. The second-order valence-electron chi connectivity index (χ2n) is 8.17. The van der Waals surface area contributed by atoms with Crippen molar-refractivity contribution in [3.8, 4) is 28.5 Å². The zero-order chi connectivity index (χ0) is 22.3. The first-order valence-electron chi connectivity index (χ1n) is 10.1. The number of rotatable bonds is 5. The van der Waals surface area contributed by atoms with Gasteiger partial charge in [-0.3, -0.25) is 0 Å². The van der Waals surface area contributed by atoms with Crippen LogP contribution in [0.3, 0.4) is 0 Å². The van der Waals surface area contributed by atoms with Crippen molar-refractivity contribution in [3.63, 3.8) is 0 Å². The summed E-state index contributed by atoms with van der Waals surface area (Å²) in [6.45, 7) is 8.12. The van der Waals surface area contributed by atoms with E-state index in [0.717, 1.165) is 51.6 Å². The molecule has 0 aliphatic rings. The number of imidazole rings is 2. The summed E-state index contributed by atoms with van der Waals surface area (Å²) >= 11 is 0. The summed E-state index contributed by atoms with van der Waals surface area (Å²) in [4.78, 5) is 18.5. The van der Waals surface area contributed by atoms with Crippen molar-refractivity contribution in [2.24, 2.45) is 14.1 Å².